The molecular formula is C13H17NO3. The molecule has 1 unspecified atom stereocenters. The lowest BCUT2D eigenvalue weighted by molar-refractivity contribution is -0.124. The largest absolute Gasteiger partial charge is 0.303 e. The second-order valence-electron chi connectivity index (χ2n) is 3.73. The van der Waals surface area contributed by atoms with Crippen LogP contribution in [0.25, 0.3) is 0 Å². The summed E-state index contributed by atoms with van der Waals surface area (Å²) in [4.78, 5) is 26.9. The van der Waals surface area contributed by atoms with Crippen LogP contribution in [-0.4, -0.2) is 18.2 Å². The van der Waals surface area contributed by atoms with E-state index in [1.165, 1.54) is 0 Å². The van der Waals surface area contributed by atoms with Crippen LogP contribution in [0.4, 0.5) is 5.69 Å². The fourth-order valence-electron chi connectivity index (χ4n) is 1.36. The van der Waals surface area contributed by atoms with Gasteiger partial charge in [-0.25, -0.2) is 0 Å². The Kier molecular flexibility index (Phi) is 5.96. The van der Waals surface area contributed by atoms with Crippen LogP contribution >= 0.6 is 0 Å². The molecule has 0 saturated carbocycles. The number of anilines is 1. The van der Waals surface area contributed by atoms with Gasteiger partial charge in [0.1, 0.15) is 12.1 Å². The van der Waals surface area contributed by atoms with Crippen molar-refractivity contribution in [2.75, 3.05) is 5.48 Å². The van der Waals surface area contributed by atoms with Crippen LogP contribution in [0.5, 0.6) is 0 Å². The third-order valence-corrected chi connectivity index (χ3v) is 2.34. The van der Waals surface area contributed by atoms with Gasteiger partial charge >= 0.3 is 0 Å². The summed E-state index contributed by atoms with van der Waals surface area (Å²) in [7, 11) is 0. The zero-order valence-corrected chi connectivity index (χ0v) is 9.89. The zero-order chi connectivity index (χ0) is 12.5. The minimum Gasteiger partial charge on any atom is -0.303 e. The maximum atomic E-state index is 11.3. The van der Waals surface area contributed by atoms with Crippen molar-refractivity contribution in [3.05, 3.63) is 30.3 Å². The lowest BCUT2D eigenvalue weighted by Crippen LogP contribution is -2.20. The lowest BCUT2D eigenvalue weighted by atomic mass is 10.1. The van der Waals surface area contributed by atoms with Crippen LogP contribution in [0, 0.1) is 0 Å². The second-order valence-corrected chi connectivity index (χ2v) is 3.73. The van der Waals surface area contributed by atoms with Gasteiger partial charge in [-0.05, 0) is 18.6 Å². The number of ketones is 1. The molecule has 0 aliphatic rings. The Morgan fingerprint density at radius 2 is 2.12 bits per heavy atom. The van der Waals surface area contributed by atoms with Gasteiger partial charge < -0.3 is 4.79 Å². The molecule has 0 radical (unpaired) electrons. The number of carbonyl (C=O) groups is 2. The predicted octanol–water partition coefficient (Wildman–Crippen LogP) is 2.36. The summed E-state index contributed by atoms with van der Waals surface area (Å²) in [5, 5.41) is 0. The molecule has 0 aliphatic heterocycles. The molecule has 1 N–H and O–H groups in total. The normalized spacial score (nSPS) is 11.8. The summed E-state index contributed by atoms with van der Waals surface area (Å²) < 4.78 is 0. The molecule has 4 heteroatoms. The molecule has 92 valence electrons. The van der Waals surface area contributed by atoms with E-state index in [0.29, 0.717) is 12.7 Å². The van der Waals surface area contributed by atoms with Gasteiger partial charge in [-0.2, -0.15) is 0 Å². The number of rotatable bonds is 8. The average molecular weight is 235 g/mol. The smallest absolute Gasteiger partial charge is 0.142 e. The third kappa shape index (κ3) is 5.26. The van der Waals surface area contributed by atoms with Crippen molar-refractivity contribution in [3.63, 3.8) is 0 Å². The number of Topliss-reactive ketones (excluding diaryl/α,β-unsaturated/α-hetero) is 1. The van der Waals surface area contributed by atoms with Crippen LogP contribution in [-0.2, 0) is 14.4 Å². The molecule has 0 spiro atoms. The van der Waals surface area contributed by atoms with Gasteiger partial charge in [0.25, 0.3) is 0 Å². The number of hydrogen-bond acceptors (Lipinski definition) is 4. The first-order valence-electron chi connectivity index (χ1n) is 5.68. The van der Waals surface area contributed by atoms with E-state index in [2.05, 4.69) is 5.48 Å². The highest BCUT2D eigenvalue weighted by atomic mass is 16.7. The molecule has 0 bridgehead atoms. The average Bonchev–Trinajstić information content (AvgIpc) is 2.36. The number of para-hydroxylation sites is 1. The quantitative estimate of drug-likeness (QED) is 0.427. The number of benzene rings is 1. The first-order valence-corrected chi connectivity index (χ1v) is 5.68. The molecule has 0 aliphatic carbocycles. The summed E-state index contributed by atoms with van der Waals surface area (Å²) >= 11 is 0. The minimum absolute atomic E-state index is 0.0365. The molecule has 1 atom stereocenters. The van der Waals surface area contributed by atoms with Crippen molar-refractivity contribution in [1.29, 1.82) is 0 Å². The van der Waals surface area contributed by atoms with Crippen LogP contribution in [0.1, 0.15) is 26.2 Å². The maximum absolute atomic E-state index is 11.3. The summed E-state index contributed by atoms with van der Waals surface area (Å²) in [6, 6.07) is 9.45. The first-order chi connectivity index (χ1) is 8.26. The molecule has 4 nitrogen and oxygen atoms in total. The third-order valence-electron chi connectivity index (χ3n) is 2.34. The second kappa shape index (κ2) is 7.57. The van der Waals surface area contributed by atoms with Gasteiger partial charge in [0.05, 0.1) is 18.2 Å². The van der Waals surface area contributed by atoms with Gasteiger partial charge in [-0.15, -0.1) is 0 Å². The van der Waals surface area contributed by atoms with Crippen molar-refractivity contribution in [3.8, 4) is 0 Å². The van der Waals surface area contributed by atoms with E-state index in [9.17, 15) is 9.59 Å². The predicted molar refractivity (Wildman–Crippen MR) is 65.5 cm³/mol. The fraction of sp³-hybridized carbons (Fsp3) is 0.385. The number of hydrogen-bond donors (Lipinski definition) is 1. The van der Waals surface area contributed by atoms with Crippen LogP contribution in [0.2, 0.25) is 0 Å². The van der Waals surface area contributed by atoms with Crippen molar-refractivity contribution < 1.29 is 14.4 Å². The van der Waals surface area contributed by atoms with Gasteiger partial charge in [0.15, 0.2) is 0 Å². The Morgan fingerprint density at radius 3 is 2.71 bits per heavy atom. The topological polar surface area (TPSA) is 55.4 Å². The maximum Gasteiger partial charge on any atom is 0.142 e. The highest BCUT2D eigenvalue weighted by Gasteiger charge is 2.12. The van der Waals surface area contributed by atoms with E-state index < -0.39 is 0 Å². The van der Waals surface area contributed by atoms with Crippen molar-refractivity contribution in [1.82, 2.24) is 0 Å². The number of nitrogens with one attached hydrogen (secondary N) is 1. The Morgan fingerprint density at radius 1 is 1.41 bits per heavy atom. The monoisotopic (exact) mass is 235 g/mol. The van der Waals surface area contributed by atoms with Crippen LogP contribution < -0.4 is 5.48 Å². The highest BCUT2D eigenvalue weighted by Crippen LogP contribution is 2.10. The van der Waals surface area contributed by atoms with Gasteiger partial charge in [-0.3, -0.25) is 15.1 Å². The summed E-state index contributed by atoms with van der Waals surface area (Å²) in [5.74, 6) is -0.0956. The van der Waals surface area contributed by atoms with Gasteiger partial charge in [-0.1, -0.05) is 25.1 Å². The van der Waals surface area contributed by atoms with E-state index in [0.717, 1.165) is 5.69 Å². The molecule has 0 aromatic heterocycles. The standard InChI is InChI=1S/C13H17NO3/c1-2-13(10-12(16)8-9-15)17-14-11-6-4-3-5-7-11/h3-7,9,13-14H,2,8,10H2,1H3. The molecular weight excluding hydrogens is 218 g/mol. The Balaban J connectivity index is 2.37. The number of carbonyl (C=O) groups excluding carboxylic acids is 2. The molecule has 0 fully saturated rings. The number of aldehydes is 1. The zero-order valence-electron chi connectivity index (χ0n) is 9.89. The minimum atomic E-state index is -0.206. The lowest BCUT2D eigenvalue weighted by Gasteiger charge is -2.15. The Labute approximate surface area is 101 Å². The molecule has 1 rings (SSSR count). The van der Waals surface area contributed by atoms with Gasteiger partial charge in [0, 0.05) is 6.42 Å². The molecule has 1 aromatic rings. The van der Waals surface area contributed by atoms with Crippen LogP contribution in [0.15, 0.2) is 30.3 Å². The molecule has 0 saturated heterocycles. The van der Waals surface area contributed by atoms with Crippen LogP contribution in [0.3, 0.4) is 0 Å². The SMILES string of the molecule is CCC(CC(=O)CC=O)ONc1ccccc1. The Bertz CT molecular complexity index is 351. The van der Waals surface area contributed by atoms with Crippen molar-refractivity contribution >= 4 is 17.8 Å². The first kappa shape index (κ1) is 13.4. The molecule has 1 aromatic carbocycles. The van der Waals surface area contributed by atoms with E-state index in [-0.39, 0.29) is 24.7 Å². The molecule has 0 heterocycles. The summed E-state index contributed by atoms with van der Waals surface area (Å²) in [6.45, 7) is 1.94. The fourth-order valence-corrected chi connectivity index (χ4v) is 1.36. The van der Waals surface area contributed by atoms with Crippen molar-refractivity contribution in [2.45, 2.75) is 32.3 Å². The van der Waals surface area contributed by atoms with Crippen molar-refractivity contribution in [2.24, 2.45) is 0 Å². The molecule has 0 amide bonds. The van der Waals surface area contributed by atoms with E-state index in [4.69, 9.17) is 4.84 Å². The Hall–Kier alpha value is -1.68. The van der Waals surface area contributed by atoms with E-state index in [1.54, 1.807) is 0 Å². The summed E-state index contributed by atoms with van der Waals surface area (Å²) in [5.41, 5.74) is 3.64. The van der Waals surface area contributed by atoms with Gasteiger partial charge in [0.2, 0.25) is 0 Å². The van der Waals surface area contributed by atoms with E-state index in [1.807, 2.05) is 37.3 Å². The highest BCUT2D eigenvalue weighted by molar-refractivity contribution is 5.89. The summed E-state index contributed by atoms with van der Waals surface area (Å²) in [6.07, 6.45) is 1.35. The van der Waals surface area contributed by atoms with E-state index >= 15 is 0 Å². The molecule has 17 heavy (non-hydrogen) atoms.